The van der Waals surface area contributed by atoms with E-state index in [9.17, 15) is 17.6 Å². The van der Waals surface area contributed by atoms with Crippen LogP contribution in [0.5, 0.6) is 11.5 Å². The van der Waals surface area contributed by atoms with Crippen LogP contribution in [0.3, 0.4) is 0 Å². The molecule has 0 N–H and O–H groups in total. The van der Waals surface area contributed by atoms with E-state index in [2.05, 4.69) is 0 Å². The average molecular weight is 326 g/mol. The first kappa shape index (κ1) is 18.5. The van der Waals surface area contributed by atoms with Crippen LogP contribution in [0.2, 0.25) is 0 Å². The van der Waals surface area contributed by atoms with Gasteiger partial charge in [0.05, 0.1) is 13.2 Å². The van der Waals surface area contributed by atoms with Crippen molar-refractivity contribution in [2.45, 2.75) is 13.8 Å². The Labute approximate surface area is 125 Å². The van der Waals surface area contributed by atoms with Crippen molar-refractivity contribution in [2.24, 2.45) is 0 Å². The third-order valence-electron chi connectivity index (χ3n) is 2.54. The average Bonchev–Trinajstić information content (AvgIpc) is 2.51. The summed E-state index contributed by atoms with van der Waals surface area (Å²) < 4.78 is 74.1. The van der Waals surface area contributed by atoms with Crippen LogP contribution >= 0.6 is 0 Å². The minimum absolute atomic E-state index is 0.0330. The van der Waals surface area contributed by atoms with Crippen molar-refractivity contribution in [2.75, 3.05) is 39.6 Å². The van der Waals surface area contributed by atoms with Crippen LogP contribution < -0.4 is 9.47 Å². The molecule has 126 valence electrons. The monoisotopic (exact) mass is 326 g/mol. The number of halogens is 4. The molecule has 0 saturated heterocycles. The van der Waals surface area contributed by atoms with Crippen molar-refractivity contribution in [1.29, 1.82) is 0 Å². The SMILES string of the molecule is CCOCCOc1c(F)c(F)c(OCCOCC)c(F)c1F. The molecule has 1 aromatic rings. The van der Waals surface area contributed by atoms with Gasteiger partial charge >= 0.3 is 0 Å². The molecule has 0 radical (unpaired) electrons. The molecule has 8 heteroatoms. The maximum absolute atomic E-state index is 13.7. The third kappa shape index (κ3) is 4.74. The molecule has 0 heterocycles. The molecule has 0 unspecified atom stereocenters. The Morgan fingerprint density at radius 2 is 0.909 bits per heavy atom. The second kappa shape index (κ2) is 9.47. The minimum atomic E-state index is -1.65. The molecule has 1 aromatic carbocycles. The lowest BCUT2D eigenvalue weighted by Crippen LogP contribution is -2.13. The van der Waals surface area contributed by atoms with Gasteiger partial charge in [-0.1, -0.05) is 0 Å². The van der Waals surface area contributed by atoms with E-state index in [1.807, 2.05) is 0 Å². The summed E-state index contributed by atoms with van der Waals surface area (Å²) in [7, 11) is 0. The van der Waals surface area contributed by atoms with Gasteiger partial charge in [0, 0.05) is 13.2 Å². The largest absolute Gasteiger partial charge is 0.485 e. The van der Waals surface area contributed by atoms with Gasteiger partial charge in [-0.3, -0.25) is 0 Å². The van der Waals surface area contributed by atoms with Crippen molar-refractivity contribution in [3.8, 4) is 11.5 Å². The summed E-state index contributed by atoms with van der Waals surface area (Å²) in [5.41, 5.74) is 0. The molecule has 0 aliphatic rings. The summed E-state index contributed by atoms with van der Waals surface area (Å²) in [4.78, 5) is 0. The quantitative estimate of drug-likeness (QED) is 0.376. The van der Waals surface area contributed by atoms with Gasteiger partial charge in [0.1, 0.15) is 13.2 Å². The minimum Gasteiger partial charge on any atom is -0.485 e. The lowest BCUT2D eigenvalue weighted by Gasteiger charge is -2.13. The summed E-state index contributed by atoms with van der Waals surface area (Å²) in [6.07, 6.45) is 0. The molecule has 0 aliphatic heterocycles. The molecule has 22 heavy (non-hydrogen) atoms. The Hall–Kier alpha value is -1.54. The van der Waals surface area contributed by atoms with Crippen LogP contribution in [0.15, 0.2) is 0 Å². The molecule has 4 nitrogen and oxygen atoms in total. The van der Waals surface area contributed by atoms with Crippen molar-refractivity contribution < 1.29 is 36.5 Å². The summed E-state index contributed by atoms with van der Waals surface area (Å²) >= 11 is 0. The summed E-state index contributed by atoms with van der Waals surface area (Å²) in [5, 5.41) is 0. The summed E-state index contributed by atoms with van der Waals surface area (Å²) in [5.74, 6) is -8.87. The predicted molar refractivity (Wildman–Crippen MR) is 70.3 cm³/mol. The van der Waals surface area contributed by atoms with Crippen molar-refractivity contribution >= 4 is 0 Å². The maximum atomic E-state index is 13.7. The lowest BCUT2D eigenvalue weighted by molar-refractivity contribution is 0.101. The fourth-order valence-corrected chi connectivity index (χ4v) is 1.54. The third-order valence-corrected chi connectivity index (χ3v) is 2.54. The van der Waals surface area contributed by atoms with E-state index in [1.165, 1.54) is 0 Å². The van der Waals surface area contributed by atoms with Gasteiger partial charge in [0.15, 0.2) is 11.5 Å². The molecule has 0 bridgehead atoms. The van der Waals surface area contributed by atoms with E-state index in [-0.39, 0.29) is 26.4 Å². The van der Waals surface area contributed by atoms with Crippen molar-refractivity contribution in [3.63, 3.8) is 0 Å². The van der Waals surface area contributed by atoms with Gasteiger partial charge < -0.3 is 18.9 Å². The fraction of sp³-hybridized carbons (Fsp3) is 0.571. The molecule has 0 fully saturated rings. The van der Waals surface area contributed by atoms with E-state index in [0.29, 0.717) is 13.2 Å². The Bertz CT molecular complexity index is 410. The zero-order chi connectivity index (χ0) is 16.5. The van der Waals surface area contributed by atoms with Crippen LogP contribution in [-0.2, 0) is 9.47 Å². The van der Waals surface area contributed by atoms with Crippen molar-refractivity contribution in [1.82, 2.24) is 0 Å². The fourth-order valence-electron chi connectivity index (χ4n) is 1.54. The van der Waals surface area contributed by atoms with Gasteiger partial charge in [-0.05, 0) is 13.8 Å². The van der Waals surface area contributed by atoms with E-state index < -0.39 is 34.8 Å². The zero-order valence-corrected chi connectivity index (χ0v) is 12.4. The van der Waals surface area contributed by atoms with Gasteiger partial charge in [-0.2, -0.15) is 17.6 Å². The summed E-state index contributed by atoms with van der Waals surface area (Å²) in [6, 6.07) is 0. The first-order valence-electron chi connectivity index (χ1n) is 6.81. The Kier molecular flexibility index (Phi) is 7.97. The number of ether oxygens (including phenoxy) is 4. The van der Waals surface area contributed by atoms with Gasteiger partial charge in [0.2, 0.25) is 23.3 Å². The van der Waals surface area contributed by atoms with Crippen molar-refractivity contribution in [3.05, 3.63) is 23.3 Å². The van der Waals surface area contributed by atoms with Crippen LogP contribution in [0.25, 0.3) is 0 Å². The number of hydrogen-bond acceptors (Lipinski definition) is 4. The lowest BCUT2D eigenvalue weighted by atomic mass is 10.2. The molecule has 0 aromatic heterocycles. The highest BCUT2D eigenvalue weighted by atomic mass is 19.2. The van der Waals surface area contributed by atoms with E-state index in [0.717, 1.165) is 0 Å². The Morgan fingerprint density at radius 1 is 0.591 bits per heavy atom. The Morgan fingerprint density at radius 3 is 1.18 bits per heavy atom. The second-order valence-electron chi connectivity index (χ2n) is 4.00. The summed E-state index contributed by atoms with van der Waals surface area (Å²) in [6.45, 7) is 3.77. The zero-order valence-electron chi connectivity index (χ0n) is 12.4. The first-order valence-corrected chi connectivity index (χ1v) is 6.81. The van der Waals surface area contributed by atoms with Crippen LogP contribution in [-0.4, -0.2) is 39.6 Å². The van der Waals surface area contributed by atoms with Gasteiger partial charge in [-0.15, -0.1) is 0 Å². The normalized spacial score (nSPS) is 10.8. The highest BCUT2D eigenvalue weighted by Gasteiger charge is 2.28. The topological polar surface area (TPSA) is 36.9 Å². The van der Waals surface area contributed by atoms with E-state index in [4.69, 9.17) is 18.9 Å². The molecule has 0 saturated carbocycles. The number of rotatable bonds is 10. The number of benzene rings is 1. The molecule has 1 rings (SSSR count). The van der Waals surface area contributed by atoms with Gasteiger partial charge in [0.25, 0.3) is 0 Å². The van der Waals surface area contributed by atoms with Gasteiger partial charge in [-0.25, -0.2) is 0 Å². The highest BCUT2D eigenvalue weighted by molar-refractivity contribution is 5.38. The molecular weight excluding hydrogens is 308 g/mol. The highest BCUT2D eigenvalue weighted by Crippen LogP contribution is 2.34. The molecular formula is C14H18F4O4. The van der Waals surface area contributed by atoms with E-state index in [1.54, 1.807) is 13.8 Å². The second-order valence-corrected chi connectivity index (χ2v) is 4.00. The predicted octanol–water partition coefficient (Wildman–Crippen LogP) is 3.07. The molecule has 0 spiro atoms. The Balaban J connectivity index is 2.85. The molecule has 0 aliphatic carbocycles. The smallest absolute Gasteiger partial charge is 0.207 e. The van der Waals surface area contributed by atoms with Crippen LogP contribution in [0.1, 0.15) is 13.8 Å². The van der Waals surface area contributed by atoms with E-state index >= 15 is 0 Å². The standard InChI is InChI=1S/C14H18F4O4/c1-3-19-5-7-21-13-9(15)11(17)14(12(18)10(13)16)22-8-6-20-4-2/h3-8H2,1-2H3. The number of hydrogen-bond donors (Lipinski definition) is 0. The van der Waals surface area contributed by atoms with Crippen LogP contribution in [0, 0.1) is 23.3 Å². The maximum Gasteiger partial charge on any atom is 0.207 e. The molecule has 0 atom stereocenters. The van der Waals surface area contributed by atoms with Crippen LogP contribution in [0.4, 0.5) is 17.6 Å². The molecule has 0 amide bonds. The first-order chi connectivity index (χ1) is 10.5.